The molecule has 0 radical (unpaired) electrons. The van der Waals surface area contributed by atoms with E-state index in [1.807, 2.05) is 18.2 Å². The van der Waals surface area contributed by atoms with Crippen molar-refractivity contribution in [2.24, 2.45) is 5.41 Å². The zero-order valence-corrected chi connectivity index (χ0v) is 12.5. The molecule has 4 nitrogen and oxygen atoms in total. The summed E-state index contributed by atoms with van der Waals surface area (Å²) in [6.45, 7) is 6.99. The second-order valence-corrected chi connectivity index (χ2v) is 5.80. The lowest BCUT2D eigenvalue weighted by Crippen LogP contribution is -2.33. The zero-order valence-electron chi connectivity index (χ0n) is 12.5. The van der Waals surface area contributed by atoms with Crippen molar-refractivity contribution < 1.29 is 4.79 Å². The highest BCUT2D eigenvalue weighted by molar-refractivity contribution is 5.95. The van der Waals surface area contributed by atoms with Crippen LogP contribution in [0.1, 0.15) is 33.1 Å². The molecule has 110 valence electrons. The second-order valence-electron chi connectivity index (χ2n) is 5.80. The largest absolute Gasteiger partial charge is 0.397 e. The maximum absolute atomic E-state index is 12.1. The molecule has 0 unspecified atom stereocenters. The van der Waals surface area contributed by atoms with Gasteiger partial charge in [0.05, 0.1) is 17.9 Å². The lowest BCUT2D eigenvalue weighted by molar-refractivity contribution is -0.117. The van der Waals surface area contributed by atoms with Crippen LogP contribution in [0.25, 0.3) is 0 Å². The molecule has 3 N–H and O–H groups in total. The van der Waals surface area contributed by atoms with Crippen LogP contribution in [0.5, 0.6) is 0 Å². The zero-order chi connectivity index (χ0) is 14.6. The maximum Gasteiger partial charge on any atom is 0.238 e. The highest BCUT2D eigenvalue weighted by Gasteiger charge is 2.35. The van der Waals surface area contributed by atoms with Crippen molar-refractivity contribution in [2.75, 3.05) is 30.7 Å². The van der Waals surface area contributed by atoms with Crippen molar-refractivity contribution in [3.05, 3.63) is 24.3 Å². The number of nitrogens with two attached hydrogens (primary N) is 1. The molecule has 0 aliphatic carbocycles. The van der Waals surface area contributed by atoms with E-state index in [2.05, 4.69) is 24.1 Å². The first-order chi connectivity index (χ1) is 9.58. The fourth-order valence-corrected chi connectivity index (χ4v) is 2.99. The number of anilines is 2. The number of rotatable bonds is 5. The third-order valence-electron chi connectivity index (χ3n) is 4.62. The predicted octanol–water partition coefficient (Wildman–Crippen LogP) is 2.72. The standard InChI is InChI=1S/C16H25N3O/c1-3-16(4-2)9-10-19(12-16)11-15(20)18-14-8-6-5-7-13(14)17/h5-8H,3-4,9-12,17H2,1-2H3,(H,18,20). The third kappa shape index (κ3) is 3.31. The van der Waals surface area contributed by atoms with Gasteiger partial charge in [-0.15, -0.1) is 0 Å². The molecule has 1 fully saturated rings. The van der Waals surface area contributed by atoms with Crippen LogP contribution in [-0.4, -0.2) is 30.4 Å². The van der Waals surface area contributed by atoms with Gasteiger partial charge in [-0.2, -0.15) is 0 Å². The molecule has 0 spiro atoms. The Kier molecular flexibility index (Phi) is 4.65. The van der Waals surface area contributed by atoms with Gasteiger partial charge in [0.15, 0.2) is 0 Å². The molecule has 1 aliphatic heterocycles. The molecule has 0 saturated carbocycles. The molecule has 1 aromatic rings. The number of hydrogen-bond donors (Lipinski definition) is 2. The van der Waals surface area contributed by atoms with E-state index in [9.17, 15) is 4.79 Å². The van der Waals surface area contributed by atoms with Crippen LogP contribution in [-0.2, 0) is 4.79 Å². The van der Waals surface area contributed by atoms with Crippen molar-refractivity contribution in [2.45, 2.75) is 33.1 Å². The summed E-state index contributed by atoms with van der Waals surface area (Å²) in [6, 6.07) is 7.37. The molecule has 0 bridgehead atoms. The van der Waals surface area contributed by atoms with Gasteiger partial charge in [-0.05, 0) is 43.4 Å². The van der Waals surface area contributed by atoms with Gasteiger partial charge >= 0.3 is 0 Å². The Morgan fingerprint density at radius 2 is 2.05 bits per heavy atom. The smallest absolute Gasteiger partial charge is 0.238 e. The monoisotopic (exact) mass is 275 g/mol. The van der Waals surface area contributed by atoms with Crippen LogP contribution in [0.4, 0.5) is 11.4 Å². The Morgan fingerprint density at radius 3 is 2.65 bits per heavy atom. The predicted molar refractivity (Wildman–Crippen MR) is 83.6 cm³/mol. The molecule has 20 heavy (non-hydrogen) atoms. The summed E-state index contributed by atoms with van der Waals surface area (Å²) in [6.07, 6.45) is 3.57. The first kappa shape index (κ1) is 14.9. The number of nitrogen functional groups attached to an aromatic ring is 1. The summed E-state index contributed by atoms with van der Waals surface area (Å²) in [4.78, 5) is 14.4. The highest BCUT2D eigenvalue weighted by Crippen LogP contribution is 2.36. The molecule has 2 rings (SSSR count). The van der Waals surface area contributed by atoms with Crippen molar-refractivity contribution in [1.82, 2.24) is 4.90 Å². The van der Waals surface area contributed by atoms with E-state index >= 15 is 0 Å². The lowest BCUT2D eigenvalue weighted by atomic mass is 9.82. The minimum Gasteiger partial charge on any atom is -0.397 e. The molecule has 0 atom stereocenters. The Bertz CT molecular complexity index is 469. The van der Waals surface area contributed by atoms with Gasteiger partial charge in [-0.1, -0.05) is 26.0 Å². The Balaban J connectivity index is 1.89. The van der Waals surface area contributed by atoms with E-state index in [1.54, 1.807) is 6.07 Å². The van der Waals surface area contributed by atoms with Gasteiger partial charge in [-0.3, -0.25) is 9.69 Å². The summed E-state index contributed by atoms with van der Waals surface area (Å²) in [5, 5.41) is 2.89. The van der Waals surface area contributed by atoms with Gasteiger partial charge in [0.25, 0.3) is 0 Å². The molecular weight excluding hydrogens is 250 g/mol. The summed E-state index contributed by atoms with van der Waals surface area (Å²) in [7, 11) is 0. The number of likely N-dealkylation sites (tertiary alicyclic amines) is 1. The van der Waals surface area contributed by atoms with Crippen LogP contribution in [0.15, 0.2) is 24.3 Å². The van der Waals surface area contributed by atoms with Crippen molar-refractivity contribution in [1.29, 1.82) is 0 Å². The number of nitrogens with one attached hydrogen (secondary N) is 1. The minimum absolute atomic E-state index is 0.0194. The number of carbonyl (C=O) groups excluding carboxylic acids is 1. The number of carbonyl (C=O) groups is 1. The number of hydrogen-bond acceptors (Lipinski definition) is 3. The molecule has 0 aromatic heterocycles. The van der Waals surface area contributed by atoms with E-state index in [4.69, 9.17) is 5.73 Å². The van der Waals surface area contributed by atoms with Crippen LogP contribution >= 0.6 is 0 Å². The minimum atomic E-state index is 0.0194. The first-order valence-corrected chi connectivity index (χ1v) is 7.45. The van der Waals surface area contributed by atoms with E-state index in [0.29, 0.717) is 23.3 Å². The fourth-order valence-electron chi connectivity index (χ4n) is 2.99. The van der Waals surface area contributed by atoms with Crippen LogP contribution in [0, 0.1) is 5.41 Å². The Hall–Kier alpha value is -1.55. The highest BCUT2D eigenvalue weighted by atomic mass is 16.2. The molecule has 4 heteroatoms. The average Bonchev–Trinajstić information content (AvgIpc) is 2.85. The van der Waals surface area contributed by atoms with Crippen molar-refractivity contribution in [3.63, 3.8) is 0 Å². The summed E-state index contributed by atoms with van der Waals surface area (Å²) >= 11 is 0. The van der Waals surface area contributed by atoms with E-state index in [-0.39, 0.29) is 5.91 Å². The SMILES string of the molecule is CCC1(CC)CCN(CC(=O)Nc2ccccc2N)C1. The Labute approximate surface area is 121 Å². The van der Waals surface area contributed by atoms with E-state index < -0.39 is 0 Å². The van der Waals surface area contributed by atoms with Gasteiger partial charge in [-0.25, -0.2) is 0 Å². The summed E-state index contributed by atoms with van der Waals surface area (Å²) in [5.41, 5.74) is 7.56. The number of amides is 1. The van der Waals surface area contributed by atoms with E-state index in [1.165, 1.54) is 19.3 Å². The molecule has 1 heterocycles. The number of para-hydroxylation sites is 2. The number of nitrogens with zero attached hydrogens (tertiary/aromatic N) is 1. The molecular formula is C16H25N3O. The van der Waals surface area contributed by atoms with Crippen LogP contribution < -0.4 is 11.1 Å². The lowest BCUT2D eigenvalue weighted by Gasteiger charge is -2.26. The molecule has 1 amide bonds. The topological polar surface area (TPSA) is 58.4 Å². The quantitative estimate of drug-likeness (QED) is 0.812. The Morgan fingerprint density at radius 1 is 1.35 bits per heavy atom. The normalized spacial score (nSPS) is 18.1. The summed E-state index contributed by atoms with van der Waals surface area (Å²) in [5.74, 6) is 0.0194. The first-order valence-electron chi connectivity index (χ1n) is 7.45. The molecule has 1 saturated heterocycles. The maximum atomic E-state index is 12.1. The summed E-state index contributed by atoms with van der Waals surface area (Å²) < 4.78 is 0. The fraction of sp³-hybridized carbons (Fsp3) is 0.562. The van der Waals surface area contributed by atoms with Crippen LogP contribution in [0.2, 0.25) is 0 Å². The van der Waals surface area contributed by atoms with Crippen LogP contribution in [0.3, 0.4) is 0 Å². The average molecular weight is 275 g/mol. The van der Waals surface area contributed by atoms with E-state index in [0.717, 1.165) is 13.1 Å². The second kappa shape index (κ2) is 6.27. The van der Waals surface area contributed by atoms with Gasteiger partial charge in [0, 0.05) is 6.54 Å². The van der Waals surface area contributed by atoms with Crippen molar-refractivity contribution in [3.8, 4) is 0 Å². The van der Waals surface area contributed by atoms with Gasteiger partial charge < -0.3 is 11.1 Å². The molecule has 1 aliphatic rings. The van der Waals surface area contributed by atoms with Gasteiger partial charge in [0.1, 0.15) is 0 Å². The van der Waals surface area contributed by atoms with Gasteiger partial charge in [0.2, 0.25) is 5.91 Å². The number of benzene rings is 1. The third-order valence-corrected chi connectivity index (χ3v) is 4.62. The molecule has 1 aromatic carbocycles. The van der Waals surface area contributed by atoms with Crippen molar-refractivity contribution >= 4 is 17.3 Å².